The van der Waals surface area contributed by atoms with E-state index in [1.807, 2.05) is 0 Å². The average Bonchev–Trinajstić information content (AvgIpc) is 2.83. The molecule has 1 N–H and O–H groups in total. The van der Waals surface area contributed by atoms with Gasteiger partial charge in [0, 0.05) is 22.2 Å². The van der Waals surface area contributed by atoms with E-state index in [-0.39, 0.29) is 10.8 Å². The highest BCUT2D eigenvalue weighted by Crippen LogP contribution is 2.56. The summed E-state index contributed by atoms with van der Waals surface area (Å²) in [6, 6.07) is 22.2. The Morgan fingerprint density at radius 1 is 0.560 bits per heavy atom. The molecule has 0 bridgehead atoms. The molecule has 0 fully saturated rings. The van der Waals surface area contributed by atoms with Crippen LogP contribution in [0.3, 0.4) is 0 Å². The predicted octanol–water partition coefficient (Wildman–Crippen LogP) is 6.38. The zero-order chi connectivity index (χ0) is 17.4. The molecule has 1 aliphatic carbocycles. The second-order valence-electron chi connectivity index (χ2n) is 8.38. The Balaban J connectivity index is 1.87. The van der Waals surface area contributed by atoms with E-state index in [2.05, 4.69) is 93.7 Å². The van der Waals surface area contributed by atoms with Crippen molar-refractivity contribution in [1.82, 2.24) is 0 Å². The van der Waals surface area contributed by atoms with Gasteiger partial charge in [-0.15, -0.1) is 0 Å². The monoisotopic (exact) mass is 325 g/mol. The van der Waals surface area contributed by atoms with Gasteiger partial charge in [0.25, 0.3) is 0 Å². The molecule has 5 rings (SSSR count). The van der Waals surface area contributed by atoms with E-state index in [1.54, 1.807) is 0 Å². The van der Waals surface area contributed by atoms with Crippen molar-refractivity contribution in [1.29, 1.82) is 0 Å². The number of fused-ring (bicyclic) bond motifs is 6. The van der Waals surface area contributed by atoms with E-state index in [9.17, 15) is 0 Å². The summed E-state index contributed by atoms with van der Waals surface area (Å²) in [5.74, 6) is 0. The van der Waals surface area contributed by atoms with E-state index in [0.29, 0.717) is 0 Å². The van der Waals surface area contributed by atoms with Crippen LogP contribution in [0, 0.1) is 0 Å². The van der Waals surface area contributed by atoms with Crippen molar-refractivity contribution in [3.63, 3.8) is 0 Å². The van der Waals surface area contributed by atoms with Gasteiger partial charge < -0.3 is 5.32 Å². The lowest BCUT2D eigenvalue weighted by Crippen LogP contribution is -2.30. The summed E-state index contributed by atoms with van der Waals surface area (Å²) >= 11 is 0. The highest BCUT2D eigenvalue weighted by Gasteiger charge is 2.43. The van der Waals surface area contributed by atoms with Crippen molar-refractivity contribution < 1.29 is 0 Å². The topological polar surface area (TPSA) is 12.0 Å². The summed E-state index contributed by atoms with van der Waals surface area (Å²) in [7, 11) is 0. The molecule has 0 saturated heterocycles. The molecule has 124 valence electrons. The fourth-order valence-electron chi connectivity index (χ4n) is 5.04. The Labute approximate surface area is 149 Å². The lowest BCUT2D eigenvalue weighted by atomic mass is 9.68. The van der Waals surface area contributed by atoms with Crippen molar-refractivity contribution in [2.75, 3.05) is 5.32 Å². The van der Waals surface area contributed by atoms with Gasteiger partial charge in [-0.3, -0.25) is 0 Å². The van der Waals surface area contributed by atoms with Crippen LogP contribution in [0.5, 0.6) is 0 Å². The summed E-state index contributed by atoms with van der Waals surface area (Å²) in [6.07, 6.45) is 0. The summed E-state index contributed by atoms with van der Waals surface area (Å²) in [5, 5.41) is 3.69. The molecule has 0 spiro atoms. The van der Waals surface area contributed by atoms with E-state index >= 15 is 0 Å². The SMILES string of the molecule is CC1(C)c2ccccc2Nc2ccc3c(c21)C(C)(C)c1ccccc1-3. The van der Waals surface area contributed by atoms with Gasteiger partial charge in [0.05, 0.1) is 0 Å². The smallest absolute Gasteiger partial charge is 0.0429 e. The first-order valence-corrected chi connectivity index (χ1v) is 9.07. The third kappa shape index (κ3) is 1.73. The van der Waals surface area contributed by atoms with E-state index in [1.165, 1.54) is 44.8 Å². The first-order chi connectivity index (χ1) is 11.9. The molecular weight excluding hydrogens is 302 g/mol. The van der Waals surface area contributed by atoms with Gasteiger partial charge in [-0.25, -0.2) is 0 Å². The molecule has 1 heteroatoms. The van der Waals surface area contributed by atoms with Gasteiger partial charge in [-0.2, -0.15) is 0 Å². The summed E-state index contributed by atoms with van der Waals surface area (Å²) in [5.41, 5.74) is 11.0. The van der Waals surface area contributed by atoms with Crippen LogP contribution in [0.2, 0.25) is 0 Å². The molecule has 3 aromatic rings. The molecule has 0 aromatic heterocycles. The van der Waals surface area contributed by atoms with Crippen LogP contribution in [0.25, 0.3) is 11.1 Å². The molecule has 0 amide bonds. The Morgan fingerprint density at radius 3 is 2.00 bits per heavy atom. The first-order valence-electron chi connectivity index (χ1n) is 9.07. The maximum Gasteiger partial charge on any atom is 0.0429 e. The minimum atomic E-state index is -0.0260. The van der Waals surface area contributed by atoms with Crippen LogP contribution < -0.4 is 5.32 Å². The largest absolute Gasteiger partial charge is 0.355 e. The molecule has 2 aliphatic rings. The van der Waals surface area contributed by atoms with Crippen LogP contribution in [0.1, 0.15) is 49.9 Å². The normalized spacial score (nSPS) is 17.8. The predicted molar refractivity (Wildman–Crippen MR) is 106 cm³/mol. The Morgan fingerprint density at radius 2 is 1.20 bits per heavy atom. The minimum absolute atomic E-state index is 0.0164. The third-order valence-corrected chi connectivity index (χ3v) is 6.22. The van der Waals surface area contributed by atoms with E-state index in [0.717, 1.165) is 0 Å². The maximum absolute atomic E-state index is 3.69. The number of anilines is 2. The van der Waals surface area contributed by atoms with E-state index in [4.69, 9.17) is 0 Å². The molecule has 0 radical (unpaired) electrons. The van der Waals surface area contributed by atoms with Crippen LogP contribution in [-0.4, -0.2) is 0 Å². The van der Waals surface area contributed by atoms with Crippen molar-refractivity contribution >= 4 is 11.4 Å². The zero-order valence-corrected chi connectivity index (χ0v) is 15.3. The summed E-state index contributed by atoms with van der Waals surface area (Å²) in [6.45, 7) is 9.47. The fraction of sp³-hybridized carbons (Fsp3) is 0.250. The number of nitrogens with one attached hydrogen (secondary N) is 1. The molecule has 1 nitrogen and oxygen atoms in total. The molecule has 1 heterocycles. The molecule has 0 atom stereocenters. The average molecular weight is 325 g/mol. The molecule has 3 aromatic carbocycles. The van der Waals surface area contributed by atoms with Crippen molar-refractivity contribution in [3.05, 3.63) is 82.9 Å². The van der Waals surface area contributed by atoms with Crippen molar-refractivity contribution in [3.8, 4) is 11.1 Å². The van der Waals surface area contributed by atoms with Crippen LogP contribution in [0.15, 0.2) is 60.7 Å². The van der Waals surface area contributed by atoms with Gasteiger partial charge >= 0.3 is 0 Å². The zero-order valence-electron chi connectivity index (χ0n) is 15.3. The quantitative estimate of drug-likeness (QED) is 0.506. The van der Waals surface area contributed by atoms with Crippen molar-refractivity contribution in [2.24, 2.45) is 0 Å². The summed E-state index contributed by atoms with van der Waals surface area (Å²) < 4.78 is 0. The number of hydrogen-bond acceptors (Lipinski definition) is 1. The lowest BCUT2D eigenvalue weighted by Gasteiger charge is -2.40. The third-order valence-electron chi connectivity index (χ3n) is 6.22. The highest BCUT2D eigenvalue weighted by atomic mass is 14.9. The van der Waals surface area contributed by atoms with Gasteiger partial charge in [-0.1, -0.05) is 76.2 Å². The molecule has 25 heavy (non-hydrogen) atoms. The van der Waals surface area contributed by atoms with Crippen LogP contribution in [0.4, 0.5) is 11.4 Å². The number of rotatable bonds is 0. The maximum atomic E-state index is 3.69. The minimum Gasteiger partial charge on any atom is -0.355 e. The van der Waals surface area contributed by atoms with Gasteiger partial charge in [0.1, 0.15) is 0 Å². The molecule has 0 saturated carbocycles. The highest BCUT2D eigenvalue weighted by molar-refractivity contribution is 5.88. The molecule has 1 aliphatic heterocycles. The number of benzene rings is 3. The van der Waals surface area contributed by atoms with Crippen LogP contribution in [-0.2, 0) is 10.8 Å². The molecule has 0 unspecified atom stereocenters. The Hall–Kier alpha value is -2.54. The van der Waals surface area contributed by atoms with Gasteiger partial charge in [-0.05, 0) is 45.5 Å². The Bertz CT molecular complexity index is 1020. The van der Waals surface area contributed by atoms with Crippen LogP contribution >= 0.6 is 0 Å². The van der Waals surface area contributed by atoms with Gasteiger partial charge in [0.2, 0.25) is 0 Å². The first kappa shape index (κ1) is 14.8. The van der Waals surface area contributed by atoms with Crippen molar-refractivity contribution in [2.45, 2.75) is 38.5 Å². The molecular formula is C24H23N. The second kappa shape index (κ2) is 4.54. The number of para-hydroxylation sites is 1. The van der Waals surface area contributed by atoms with Gasteiger partial charge in [0.15, 0.2) is 0 Å². The number of hydrogen-bond donors (Lipinski definition) is 1. The second-order valence-corrected chi connectivity index (χ2v) is 8.38. The Kier molecular flexibility index (Phi) is 2.69. The fourth-order valence-corrected chi connectivity index (χ4v) is 5.04. The summed E-state index contributed by atoms with van der Waals surface area (Å²) in [4.78, 5) is 0. The lowest BCUT2D eigenvalue weighted by molar-refractivity contribution is 0.587. The van der Waals surface area contributed by atoms with E-state index < -0.39 is 0 Å². The standard InChI is InChI=1S/C24H23N/c1-23(2)17-10-6-5-9-15(17)16-13-14-20-22(21(16)23)24(3,4)18-11-7-8-12-19(18)25-20/h5-14,25H,1-4H3.